The Kier molecular flexibility index (Phi) is 6.12. The van der Waals surface area contributed by atoms with Crippen LogP contribution in [0.25, 0.3) is 0 Å². The van der Waals surface area contributed by atoms with E-state index in [1.807, 2.05) is 0 Å². The molecule has 0 bridgehead atoms. The summed E-state index contributed by atoms with van der Waals surface area (Å²) in [6.07, 6.45) is 2.88. The second kappa shape index (κ2) is 8.72. The molecular formula is C18H16FN5O2S2. The van der Waals surface area contributed by atoms with Crippen molar-refractivity contribution in [1.82, 2.24) is 15.3 Å². The summed E-state index contributed by atoms with van der Waals surface area (Å²) in [6.45, 7) is 0.228. The number of anilines is 2. The highest BCUT2D eigenvalue weighted by molar-refractivity contribution is 7.92. The van der Waals surface area contributed by atoms with Crippen LogP contribution < -0.4 is 15.4 Å². The Morgan fingerprint density at radius 1 is 1.00 bits per heavy atom. The van der Waals surface area contributed by atoms with Crippen molar-refractivity contribution >= 4 is 39.0 Å². The molecule has 0 radical (unpaired) electrons. The van der Waals surface area contributed by atoms with Crippen LogP contribution in [0.15, 0.2) is 71.9 Å². The zero-order valence-corrected chi connectivity index (χ0v) is 16.1. The Hall–Kier alpha value is -3.11. The zero-order chi connectivity index (χ0) is 20.0. The minimum Gasteiger partial charge on any atom is -0.358 e. The number of rotatable bonds is 6. The van der Waals surface area contributed by atoms with E-state index in [2.05, 4.69) is 25.3 Å². The fourth-order valence-corrected chi connectivity index (χ4v) is 3.39. The van der Waals surface area contributed by atoms with Crippen molar-refractivity contribution in [3.8, 4) is 0 Å². The molecule has 0 saturated heterocycles. The van der Waals surface area contributed by atoms with Crippen LogP contribution in [-0.4, -0.2) is 23.5 Å². The second-order valence-corrected chi connectivity index (χ2v) is 7.69. The van der Waals surface area contributed by atoms with Gasteiger partial charge in [-0.3, -0.25) is 0 Å². The molecule has 0 aliphatic rings. The molecule has 3 N–H and O–H groups in total. The number of halogens is 1. The fourth-order valence-electron chi connectivity index (χ4n) is 2.24. The molecule has 0 aliphatic carbocycles. The fraction of sp³-hybridized carbons (Fsp3) is 0.0556. The van der Waals surface area contributed by atoms with Crippen LogP contribution in [-0.2, 0) is 16.6 Å². The van der Waals surface area contributed by atoms with E-state index in [4.69, 9.17) is 12.2 Å². The highest BCUT2D eigenvalue weighted by Gasteiger charge is 2.15. The summed E-state index contributed by atoms with van der Waals surface area (Å²) in [6, 6.07) is 14.0. The van der Waals surface area contributed by atoms with Crippen LogP contribution in [0.2, 0.25) is 0 Å². The van der Waals surface area contributed by atoms with Crippen molar-refractivity contribution < 1.29 is 12.8 Å². The van der Waals surface area contributed by atoms with E-state index in [1.54, 1.807) is 36.4 Å². The van der Waals surface area contributed by atoms with Crippen molar-refractivity contribution in [3.05, 3.63) is 78.4 Å². The molecule has 2 aromatic carbocycles. The number of hydrogen-bond acceptors (Lipinski definition) is 5. The van der Waals surface area contributed by atoms with Gasteiger partial charge < -0.3 is 10.6 Å². The maximum atomic E-state index is 13.6. The second-order valence-electron chi connectivity index (χ2n) is 5.60. The van der Waals surface area contributed by atoms with Crippen LogP contribution in [0.5, 0.6) is 0 Å². The number of aromatic nitrogens is 2. The minimum absolute atomic E-state index is 0.0109. The third kappa shape index (κ3) is 5.21. The Balaban J connectivity index is 1.59. The summed E-state index contributed by atoms with van der Waals surface area (Å²) in [5.74, 6) is -0.328. The average molecular weight is 417 g/mol. The number of nitrogens with zero attached hydrogens (tertiary/aromatic N) is 2. The van der Waals surface area contributed by atoms with Crippen LogP contribution in [0.3, 0.4) is 0 Å². The van der Waals surface area contributed by atoms with Gasteiger partial charge in [0.15, 0.2) is 5.11 Å². The van der Waals surface area contributed by atoms with Gasteiger partial charge in [0.2, 0.25) is 5.95 Å². The van der Waals surface area contributed by atoms with Crippen LogP contribution in [0, 0.1) is 5.82 Å². The van der Waals surface area contributed by atoms with Gasteiger partial charge in [0.25, 0.3) is 10.0 Å². The lowest BCUT2D eigenvalue weighted by molar-refractivity contribution is 0.600. The number of benzene rings is 2. The molecule has 10 heteroatoms. The van der Waals surface area contributed by atoms with Gasteiger partial charge in [-0.05, 0) is 48.6 Å². The monoisotopic (exact) mass is 417 g/mol. The quantitative estimate of drug-likeness (QED) is 0.531. The maximum Gasteiger partial charge on any atom is 0.264 e. The van der Waals surface area contributed by atoms with Gasteiger partial charge in [-0.25, -0.2) is 27.5 Å². The van der Waals surface area contributed by atoms with E-state index in [0.29, 0.717) is 11.3 Å². The van der Waals surface area contributed by atoms with Crippen LogP contribution in [0.4, 0.5) is 16.0 Å². The SMILES string of the molecule is O=S(=O)(Nc1ncccn1)c1ccc(NC(=S)NCc2ccccc2F)cc1. The largest absolute Gasteiger partial charge is 0.358 e. The molecule has 0 atom stereocenters. The number of sulfonamides is 1. The molecule has 1 heterocycles. The molecule has 28 heavy (non-hydrogen) atoms. The van der Waals surface area contributed by atoms with Gasteiger partial charge in [0, 0.05) is 30.2 Å². The number of nitrogens with one attached hydrogen (secondary N) is 3. The lowest BCUT2D eigenvalue weighted by Crippen LogP contribution is -2.28. The highest BCUT2D eigenvalue weighted by Crippen LogP contribution is 2.16. The molecule has 0 unspecified atom stereocenters. The summed E-state index contributed by atoms with van der Waals surface area (Å²) in [5.41, 5.74) is 1.07. The normalized spacial score (nSPS) is 10.9. The van der Waals surface area contributed by atoms with Gasteiger partial charge in [0.1, 0.15) is 5.82 Å². The first-order valence-corrected chi connectivity index (χ1v) is 10.0. The molecule has 0 spiro atoms. The number of hydrogen-bond donors (Lipinski definition) is 3. The molecule has 0 fully saturated rings. The van der Waals surface area contributed by atoms with Crippen molar-refractivity contribution in [3.63, 3.8) is 0 Å². The third-order valence-corrected chi connectivity index (χ3v) is 5.20. The van der Waals surface area contributed by atoms with Crippen molar-refractivity contribution in [2.75, 3.05) is 10.0 Å². The standard InChI is InChI=1S/C18H16FN5O2S2/c19-16-5-2-1-4-13(16)12-22-18(27)23-14-6-8-15(9-7-14)28(25,26)24-17-20-10-3-11-21-17/h1-11H,12H2,(H,20,21,24)(H2,22,23,27). The van der Waals surface area contributed by atoms with E-state index >= 15 is 0 Å². The topological polar surface area (TPSA) is 96.0 Å². The van der Waals surface area contributed by atoms with Crippen LogP contribution >= 0.6 is 12.2 Å². The summed E-state index contributed by atoms with van der Waals surface area (Å²) < 4.78 is 40.6. The van der Waals surface area contributed by atoms with Gasteiger partial charge in [0.05, 0.1) is 4.90 Å². The maximum absolute atomic E-state index is 13.6. The summed E-state index contributed by atoms with van der Waals surface area (Å²) >= 11 is 5.18. The van der Waals surface area contributed by atoms with E-state index in [9.17, 15) is 12.8 Å². The first kappa shape index (κ1) is 19.6. The smallest absolute Gasteiger partial charge is 0.264 e. The average Bonchev–Trinajstić information content (AvgIpc) is 2.68. The Bertz CT molecular complexity index is 1060. The molecule has 7 nitrogen and oxygen atoms in total. The minimum atomic E-state index is -3.80. The lowest BCUT2D eigenvalue weighted by Gasteiger charge is -2.12. The van der Waals surface area contributed by atoms with Crippen molar-refractivity contribution in [2.45, 2.75) is 11.4 Å². The molecule has 0 saturated carbocycles. The first-order chi connectivity index (χ1) is 13.4. The highest BCUT2D eigenvalue weighted by atomic mass is 32.2. The molecular weight excluding hydrogens is 401 g/mol. The van der Waals surface area contributed by atoms with Gasteiger partial charge >= 0.3 is 0 Å². The van der Waals surface area contributed by atoms with Crippen molar-refractivity contribution in [1.29, 1.82) is 0 Å². The number of thiocarbonyl (C=S) groups is 1. The Morgan fingerprint density at radius 2 is 1.68 bits per heavy atom. The van der Waals surface area contributed by atoms with E-state index in [-0.39, 0.29) is 28.3 Å². The van der Waals surface area contributed by atoms with E-state index < -0.39 is 10.0 Å². The third-order valence-electron chi connectivity index (χ3n) is 3.61. The molecule has 144 valence electrons. The predicted octanol–water partition coefficient (Wildman–Crippen LogP) is 2.90. The van der Waals surface area contributed by atoms with E-state index in [1.165, 1.54) is 30.6 Å². The summed E-state index contributed by atoms with van der Waals surface area (Å²) in [4.78, 5) is 7.72. The lowest BCUT2D eigenvalue weighted by atomic mass is 10.2. The summed E-state index contributed by atoms with van der Waals surface area (Å²) in [5, 5.41) is 6.10. The molecule has 3 aromatic rings. The zero-order valence-electron chi connectivity index (χ0n) is 14.5. The summed E-state index contributed by atoms with van der Waals surface area (Å²) in [7, 11) is -3.80. The van der Waals surface area contributed by atoms with Crippen molar-refractivity contribution in [2.24, 2.45) is 0 Å². The Labute approximate surface area is 167 Å². The van der Waals surface area contributed by atoms with Gasteiger partial charge in [-0.15, -0.1) is 0 Å². The Morgan fingerprint density at radius 3 is 2.36 bits per heavy atom. The van der Waals surface area contributed by atoms with E-state index in [0.717, 1.165) is 0 Å². The predicted molar refractivity (Wildman–Crippen MR) is 109 cm³/mol. The first-order valence-electron chi connectivity index (χ1n) is 8.12. The molecule has 3 rings (SSSR count). The molecule has 0 aliphatic heterocycles. The molecule has 1 aromatic heterocycles. The van der Waals surface area contributed by atoms with Gasteiger partial charge in [-0.1, -0.05) is 18.2 Å². The molecule has 0 amide bonds. The van der Waals surface area contributed by atoms with Crippen LogP contribution in [0.1, 0.15) is 5.56 Å². The van der Waals surface area contributed by atoms with Gasteiger partial charge in [-0.2, -0.15) is 0 Å².